The van der Waals surface area contributed by atoms with Crippen LogP contribution in [0, 0.1) is 0 Å². The smallest absolute Gasteiger partial charge is 0.351 e. The van der Waals surface area contributed by atoms with Crippen LogP contribution in [-0.2, 0) is 19.3 Å². The molecule has 21 heavy (non-hydrogen) atoms. The highest BCUT2D eigenvalue weighted by atomic mass is 19.4. The molecule has 0 aliphatic rings. The van der Waals surface area contributed by atoms with Crippen LogP contribution in [0.25, 0.3) is 0 Å². The van der Waals surface area contributed by atoms with Crippen molar-refractivity contribution in [1.82, 2.24) is 9.88 Å². The highest BCUT2D eigenvalue weighted by molar-refractivity contribution is 5.27. The molecule has 2 rings (SSSR count). The van der Waals surface area contributed by atoms with Gasteiger partial charge in [0.15, 0.2) is 0 Å². The van der Waals surface area contributed by atoms with E-state index in [2.05, 4.69) is 16.8 Å². The molecule has 0 spiro atoms. The van der Waals surface area contributed by atoms with E-state index in [4.69, 9.17) is 0 Å². The number of rotatable bonds is 5. The van der Waals surface area contributed by atoms with Crippen molar-refractivity contribution in [2.75, 3.05) is 0 Å². The van der Waals surface area contributed by atoms with Gasteiger partial charge in [-0.05, 0) is 43.7 Å². The highest BCUT2D eigenvalue weighted by Crippen LogP contribution is 2.30. The summed E-state index contributed by atoms with van der Waals surface area (Å²) in [4.78, 5) is 0. The average Bonchev–Trinajstić information content (AvgIpc) is 2.91. The molecule has 1 atom stereocenters. The Morgan fingerprint density at radius 2 is 1.95 bits per heavy atom. The van der Waals surface area contributed by atoms with Crippen LogP contribution in [-0.4, -0.2) is 4.57 Å². The van der Waals surface area contributed by atoms with Crippen molar-refractivity contribution in [3.8, 4) is 0 Å². The third-order valence-corrected chi connectivity index (χ3v) is 3.57. The first-order valence-electron chi connectivity index (χ1n) is 6.96. The fourth-order valence-electron chi connectivity index (χ4n) is 2.28. The van der Waals surface area contributed by atoms with Gasteiger partial charge in [-0.3, -0.25) is 0 Å². The quantitative estimate of drug-likeness (QED) is 0.866. The molecule has 0 aliphatic heterocycles. The minimum Gasteiger partial charge on any atom is -0.351 e. The van der Waals surface area contributed by atoms with Crippen molar-refractivity contribution in [2.45, 2.75) is 39.2 Å². The lowest BCUT2D eigenvalue weighted by molar-refractivity contribution is -0.137. The molecule has 0 saturated heterocycles. The number of nitrogens with one attached hydrogen (secondary N) is 1. The number of aromatic nitrogens is 1. The van der Waals surface area contributed by atoms with Gasteiger partial charge in [0, 0.05) is 31.0 Å². The summed E-state index contributed by atoms with van der Waals surface area (Å²) < 4.78 is 40.2. The van der Waals surface area contributed by atoms with Gasteiger partial charge in [-0.1, -0.05) is 12.1 Å². The molecular formula is C16H19F3N2. The molecule has 0 radical (unpaired) electrons. The van der Waals surface area contributed by atoms with Crippen molar-refractivity contribution in [3.05, 3.63) is 59.4 Å². The van der Waals surface area contributed by atoms with Gasteiger partial charge in [-0.15, -0.1) is 0 Å². The zero-order valence-electron chi connectivity index (χ0n) is 12.1. The third kappa shape index (κ3) is 3.88. The van der Waals surface area contributed by atoms with E-state index in [0.29, 0.717) is 12.1 Å². The zero-order chi connectivity index (χ0) is 15.5. The minimum atomic E-state index is -4.30. The summed E-state index contributed by atoms with van der Waals surface area (Å²) in [6.07, 6.45) is -2.31. The summed E-state index contributed by atoms with van der Waals surface area (Å²) >= 11 is 0. The van der Waals surface area contributed by atoms with Gasteiger partial charge in [0.25, 0.3) is 0 Å². The van der Waals surface area contributed by atoms with Crippen molar-refractivity contribution in [2.24, 2.45) is 0 Å². The van der Waals surface area contributed by atoms with E-state index >= 15 is 0 Å². The lowest BCUT2D eigenvalue weighted by Crippen LogP contribution is -2.20. The molecule has 1 aromatic carbocycles. The van der Waals surface area contributed by atoms with Crippen LogP contribution in [0.2, 0.25) is 0 Å². The monoisotopic (exact) mass is 296 g/mol. The van der Waals surface area contributed by atoms with Crippen LogP contribution >= 0.6 is 0 Å². The Hall–Kier alpha value is -1.75. The number of aryl methyl sites for hydroxylation is 1. The van der Waals surface area contributed by atoms with E-state index < -0.39 is 11.7 Å². The van der Waals surface area contributed by atoms with Crippen LogP contribution < -0.4 is 5.32 Å². The SMILES string of the molecule is CCn1cccc1CNC(C)c1cccc(C(F)(F)F)c1. The summed E-state index contributed by atoms with van der Waals surface area (Å²) in [5.74, 6) is 0. The number of hydrogen-bond donors (Lipinski definition) is 1. The van der Waals surface area contributed by atoms with Gasteiger partial charge >= 0.3 is 6.18 Å². The largest absolute Gasteiger partial charge is 0.416 e. The molecule has 0 fully saturated rings. The number of benzene rings is 1. The predicted octanol–water partition coefficient (Wildman–Crippen LogP) is 4.38. The molecule has 0 saturated carbocycles. The predicted molar refractivity (Wildman–Crippen MR) is 76.8 cm³/mol. The zero-order valence-corrected chi connectivity index (χ0v) is 12.1. The fourth-order valence-corrected chi connectivity index (χ4v) is 2.28. The second-order valence-electron chi connectivity index (χ2n) is 5.01. The van der Waals surface area contributed by atoms with Crippen molar-refractivity contribution < 1.29 is 13.2 Å². The van der Waals surface area contributed by atoms with Crippen molar-refractivity contribution >= 4 is 0 Å². The summed E-state index contributed by atoms with van der Waals surface area (Å²) in [6.45, 7) is 5.43. The first kappa shape index (κ1) is 15.6. The summed E-state index contributed by atoms with van der Waals surface area (Å²) in [6, 6.07) is 9.30. The van der Waals surface area contributed by atoms with Gasteiger partial charge in [-0.2, -0.15) is 13.2 Å². The third-order valence-electron chi connectivity index (χ3n) is 3.57. The minimum absolute atomic E-state index is 0.146. The van der Waals surface area contributed by atoms with E-state index in [0.717, 1.165) is 18.3 Å². The molecule has 2 nitrogen and oxygen atoms in total. The van der Waals surface area contributed by atoms with Crippen LogP contribution in [0.15, 0.2) is 42.6 Å². The maximum atomic E-state index is 12.7. The first-order chi connectivity index (χ1) is 9.91. The van der Waals surface area contributed by atoms with Crippen LogP contribution in [0.4, 0.5) is 13.2 Å². The molecule has 0 aliphatic carbocycles. The summed E-state index contributed by atoms with van der Waals surface area (Å²) in [5.41, 5.74) is 1.15. The lowest BCUT2D eigenvalue weighted by Gasteiger charge is -2.17. The van der Waals surface area contributed by atoms with Crippen LogP contribution in [0.1, 0.15) is 36.7 Å². The van der Waals surface area contributed by atoms with Gasteiger partial charge < -0.3 is 9.88 Å². The normalized spacial score (nSPS) is 13.4. The second kappa shape index (κ2) is 6.35. The van der Waals surface area contributed by atoms with Gasteiger partial charge in [-0.25, -0.2) is 0 Å². The Labute approximate surface area is 122 Å². The van der Waals surface area contributed by atoms with Crippen molar-refractivity contribution in [3.63, 3.8) is 0 Å². The number of nitrogens with zero attached hydrogens (tertiary/aromatic N) is 1. The van der Waals surface area contributed by atoms with Gasteiger partial charge in [0.2, 0.25) is 0 Å². The summed E-state index contributed by atoms with van der Waals surface area (Å²) in [7, 11) is 0. The Kier molecular flexibility index (Phi) is 4.73. The Morgan fingerprint density at radius 3 is 2.62 bits per heavy atom. The van der Waals surface area contributed by atoms with E-state index in [-0.39, 0.29) is 6.04 Å². The second-order valence-corrected chi connectivity index (χ2v) is 5.01. The number of halogens is 3. The molecule has 1 aromatic heterocycles. The molecule has 1 heterocycles. The molecule has 114 valence electrons. The van der Waals surface area contributed by atoms with Crippen LogP contribution in [0.5, 0.6) is 0 Å². The Bertz CT molecular complexity index is 587. The van der Waals surface area contributed by atoms with Crippen LogP contribution in [0.3, 0.4) is 0 Å². The molecule has 0 bridgehead atoms. The van der Waals surface area contributed by atoms with Crippen molar-refractivity contribution in [1.29, 1.82) is 0 Å². The standard InChI is InChI=1S/C16H19F3N2/c1-3-21-9-5-8-15(21)11-20-12(2)13-6-4-7-14(10-13)16(17,18)19/h4-10,12,20H,3,11H2,1-2H3. The maximum absolute atomic E-state index is 12.7. The lowest BCUT2D eigenvalue weighted by atomic mass is 10.0. The molecule has 2 aromatic rings. The molecule has 0 amide bonds. The van der Waals surface area contributed by atoms with Gasteiger partial charge in [0.1, 0.15) is 0 Å². The van der Waals surface area contributed by atoms with E-state index in [1.54, 1.807) is 6.07 Å². The van der Waals surface area contributed by atoms with E-state index in [1.165, 1.54) is 12.1 Å². The molecule has 5 heteroatoms. The average molecular weight is 296 g/mol. The Balaban J connectivity index is 2.05. The first-order valence-corrected chi connectivity index (χ1v) is 6.96. The van der Waals surface area contributed by atoms with Gasteiger partial charge in [0.05, 0.1) is 5.56 Å². The molecule has 1 N–H and O–H groups in total. The molecular weight excluding hydrogens is 277 g/mol. The molecule has 1 unspecified atom stereocenters. The fraction of sp³-hybridized carbons (Fsp3) is 0.375. The number of alkyl halides is 3. The Morgan fingerprint density at radius 1 is 1.19 bits per heavy atom. The highest BCUT2D eigenvalue weighted by Gasteiger charge is 2.30. The maximum Gasteiger partial charge on any atom is 0.416 e. The topological polar surface area (TPSA) is 17.0 Å². The van der Waals surface area contributed by atoms with E-state index in [1.807, 2.05) is 25.3 Å². The summed E-state index contributed by atoms with van der Waals surface area (Å²) in [5, 5.41) is 3.27. The number of hydrogen-bond acceptors (Lipinski definition) is 1. The van der Waals surface area contributed by atoms with E-state index in [9.17, 15) is 13.2 Å².